The first-order valence-corrected chi connectivity index (χ1v) is 7.63. The third kappa shape index (κ3) is 11.2. The summed E-state index contributed by atoms with van der Waals surface area (Å²) in [4.78, 5) is 35.2. The zero-order valence-corrected chi connectivity index (χ0v) is 17.1. The molecule has 0 aliphatic carbocycles. The number of carbonyl (C=O) groups is 3. The van der Waals surface area contributed by atoms with E-state index in [0.29, 0.717) is 13.0 Å². The van der Waals surface area contributed by atoms with Gasteiger partial charge in [-0.3, -0.25) is 16.0 Å². The average Bonchev–Trinajstić information content (AvgIpc) is 2.69. The third-order valence-electron chi connectivity index (χ3n) is 2.75. The summed E-state index contributed by atoms with van der Waals surface area (Å²) in [5.41, 5.74) is 0. The first kappa shape index (κ1) is 23.8. The molecule has 0 bridgehead atoms. The van der Waals surface area contributed by atoms with Gasteiger partial charge in [-0.25, -0.2) is 0 Å². The third-order valence-corrected chi connectivity index (χ3v) is 2.75. The number of carbonyl (C=O) groups excluding carboxylic acids is 3. The fourth-order valence-corrected chi connectivity index (χ4v) is 1.88. The van der Waals surface area contributed by atoms with Crippen LogP contribution in [-0.4, -0.2) is 35.2 Å². The summed E-state index contributed by atoms with van der Waals surface area (Å²) in [6.07, 6.45) is 6.56. The second-order valence-electron chi connectivity index (χ2n) is 5.40. The maximum Gasteiger partial charge on any atom is 0.220 e. The van der Waals surface area contributed by atoms with Crippen molar-refractivity contribution >= 4 is 17.7 Å². The molecular weight excluding hydrogens is 357 g/mol. The molecule has 1 radical (unpaired) electrons. The first-order valence-electron chi connectivity index (χ1n) is 7.63. The zero-order chi connectivity index (χ0) is 16.3. The fourth-order valence-electron chi connectivity index (χ4n) is 1.88. The Morgan fingerprint density at radius 1 is 1.27 bits per heavy atom. The van der Waals surface area contributed by atoms with Gasteiger partial charge in [0.15, 0.2) is 5.91 Å². The summed E-state index contributed by atoms with van der Waals surface area (Å²) in [5.74, 6) is -0.234. The molecule has 1 saturated heterocycles. The van der Waals surface area contributed by atoms with Crippen molar-refractivity contribution in [3.8, 4) is 0 Å². The second kappa shape index (κ2) is 14.2. The molecule has 3 amide bonds. The summed E-state index contributed by atoms with van der Waals surface area (Å²) < 4.78 is 0. The van der Waals surface area contributed by atoms with Crippen molar-refractivity contribution in [2.24, 2.45) is 0 Å². The molecule has 1 aliphatic heterocycles. The normalized spacial score (nSPS) is 13.2. The quantitative estimate of drug-likeness (QED) is 0.415. The van der Waals surface area contributed by atoms with Gasteiger partial charge in [-0.15, -0.1) is 0 Å². The molecule has 0 spiro atoms. The van der Waals surface area contributed by atoms with E-state index in [1.165, 1.54) is 11.3 Å². The number of rotatable bonds is 7. The van der Waals surface area contributed by atoms with E-state index in [1.807, 2.05) is 34.1 Å². The molecule has 6 heteroatoms. The van der Waals surface area contributed by atoms with Crippen molar-refractivity contribution in [2.45, 2.75) is 65.8 Å². The van der Waals surface area contributed by atoms with Crippen LogP contribution in [0.4, 0.5) is 0 Å². The van der Waals surface area contributed by atoms with Gasteiger partial charge in [-0.1, -0.05) is 12.8 Å². The van der Waals surface area contributed by atoms with E-state index >= 15 is 0 Å². The van der Waals surface area contributed by atoms with Gasteiger partial charge < -0.3 is 21.4 Å². The fraction of sp³-hybridized carbons (Fsp3) is 0.688. The molecule has 5 nitrogen and oxygen atoms in total. The Labute approximate surface area is 159 Å². The van der Waals surface area contributed by atoms with Gasteiger partial charge in [0.2, 0.25) is 5.91 Å². The SMILES string of the molecule is CC(C)NC(=O)CCCCCN1C(=O)[CH-]CC1=O.C[CH-]C.[Y]. The Kier molecular flexibility index (Phi) is 15.4. The zero-order valence-electron chi connectivity index (χ0n) is 14.2. The molecule has 0 saturated carbocycles. The number of hydrogen-bond acceptors (Lipinski definition) is 3. The van der Waals surface area contributed by atoms with E-state index in [2.05, 4.69) is 5.32 Å². The monoisotopic (exact) mass is 385 g/mol. The summed E-state index contributed by atoms with van der Waals surface area (Å²) in [6.45, 7) is 8.33. The number of nitrogens with one attached hydrogen (secondary N) is 1. The molecule has 125 valence electrons. The minimum atomic E-state index is -0.183. The van der Waals surface area contributed by atoms with Crippen LogP contribution in [0, 0.1) is 12.8 Å². The van der Waals surface area contributed by atoms with Crippen molar-refractivity contribution in [1.82, 2.24) is 10.2 Å². The van der Waals surface area contributed by atoms with E-state index in [0.717, 1.165) is 19.3 Å². The van der Waals surface area contributed by atoms with Crippen molar-refractivity contribution in [2.75, 3.05) is 6.54 Å². The summed E-state index contributed by atoms with van der Waals surface area (Å²) in [7, 11) is 0. The Hall–Kier alpha value is -0.416. The van der Waals surface area contributed by atoms with E-state index in [-0.39, 0.29) is 62.9 Å². The molecule has 0 aromatic carbocycles. The van der Waals surface area contributed by atoms with E-state index < -0.39 is 0 Å². The van der Waals surface area contributed by atoms with Crippen molar-refractivity contribution in [1.29, 1.82) is 0 Å². The van der Waals surface area contributed by atoms with Gasteiger partial charge >= 0.3 is 0 Å². The number of imide groups is 1. The maximum absolute atomic E-state index is 11.3. The molecule has 0 unspecified atom stereocenters. The Bertz CT molecular complexity index is 330. The smallest absolute Gasteiger partial charge is 0.220 e. The van der Waals surface area contributed by atoms with Crippen molar-refractivity contribution in [3.63, 3.8) is 0 Å². The number of likely N-dealkylation sites (tertiary alicyclic amines) is 1. The Morgan fingerprint density at radius 2 is 1.86 bits per heavy atom. The first-order chi connectivity index (χ1) is 9.92. The topological polar surface area (TPSA) is 66.5 Å². The van der Waals surface area contributed by atoms with Gasteiger partial charge in [-0.2, -0.15) is 13.8 Å². The minimum Gasteiger partial charge on any atom is -0.354 e. The maximum atomic E-state index is 11.3. The molecule has 1 aliphatic rings. The standard InChI is InChI=1S/C13H21N2O3.C3H7.Y/c1-10(2)14-11(16)6-4-3-5-9-15-12(17)7-8-13(15)18;1-3-2;/h7,10H,3-6,8-9H2,1-2H3,(H,14,16);3H,1-2H3;/q2*-1;. The number of hydrogen-bond donors (Lipinski definition) is 1. The van der Waals surface area contributed by atoms with E-state index in [1.54, 1.807) is 0 Å². The molecule has 0 aromatic rings. The van der Waals surface area contributed by atoms with E-state index in [4.69, 9.17) is 0 Å². The van der Waals surface area contributed by atoms with Crippen LogP contribution in [0.15, 0.2) is 0 Å². The van der Waals surface area contributed by atoms with Crippen LogP contribution in [-0.2, 0) is 47.1 Å². The van der Waals surface area contributed by atoms with Crippen LogP contribution in [0.2, 0.25) is 0 Å². The summed E-state index contributed by atoms with van der Waals surface area (Å²) >= 11 is 0. The molecule has 0 atom stereocenters. The van der Waals surface area contributed by atoms with Gasteiger partial charge in [0.1, 0.15) is 0 Å². The van der Waals surface area contributed by atoms with Crippen molar-refractivity contribution in [3.05, 3.63) is 12.8 Å². The van der Waals surface area contributed by atoms with Crippen LogP contribution in [0.3, 0.4) is 0 Å². The van der Waals surface area contributed by atoms with Crippen molar-refractivity contribution < 1.29 is 47.1 Å². The predicted octanol–water partition coefficient (Wildman–Crippen LogP) is 2.26. The summed E-state index contributed by atoms with van der Waals surface area (Å²) in [6, 6.07) is 0.174. The van der Waals surface area contributed by atoms with Crippen LogP contribution in [0.1, 0.15) is 59.8 Å². The Morgan fingerprint density at radius 3 is 2.32 bits per heavy atom. The van der Waals surface area contributed by atoms with Crippen LogP contribution in [0.25, 0.3) is 0 Å². The average molecular weight is 385 g/mol. The summed E-state index contributed by atoms with van der Waals surface area (Å²) in [5, 5.41) is 2.83. The van der Waals surface area contributed by atoms with Gasteiger partial charge in [-0.05, 0) is 26.7 Å². The van der Waals surface area contributed by atoms with Crippen LogP contribution in [0.5, 0.6) is 0 Å². The van der Waals surface area contributed by atoms with Gasteiger partial charge in [0, 0.05) is 51.7 Å². The van der Waals surface area contributed by atoms with Crippen LogP contribution < -0.4 is 5.32 Å². The number of nitrogens with zero attached hydrogens (tertiary/aromatic N) is 1. The van der Waals surface area contributed by atoms with Gasteiger partial charge in [0.05, 0.1) is 5.91 Å². The molecular formula is C16H28N2O3Y-2. The second-order valence-corrected chi connectivity index (χ2v) is 5.40. The van der Waals surface area contributed by atoms with Crippen LogP contribution >= 0.6 is 0 Å². The minimum absolute atomic E-state index is 0. The number of unbranched alkanes of at least 4 members (excludes halogenated alkanes) is 2. The van der Waals surface area contributed by atoms with E-state index in [9.17, 15) is 14.4 Å². The molecule has 22 heavy (non-hydrogen) atoms. The predicted molar refractivity (Wildman–Crippen MR) is 83.0 cm³/mol. The number of amides is 3. The molecule has 1 heterocycles. The molecule has 1 N–H and O–H groups in total. The molecule has 1 fully saturated rings. The Balaban J connectivity index is 0. The molecule has 1 rings (SSSR count). The molecule has 0 aromatic heterocycles. The largest absolute Gasteiger partial charge is 0.354 e. The van der Waals surface area contributed by atoms with Gasteiger partial charge in [0.25, 0.3) is 0 Å².